The van der Waals surface area contributed by atoms with Crippen molar-refractivity contribution in [3.8, 4) is 0 Å². The third-order valence-corrected chi connectivity index (χ3v) is 3.01. The molecule has 0 aliphatic carbocycles. The van der Waals surface area contributed by atoms with Crippen molar-refractivity contribution in [1.29, 1.82) is 0 Å². The molecular weight excluding hydrogens is 200 g/mol. The van der Waals surface area contributed by atoms with Crippen LogP contribution in [-0.4, -0.2) is 41.4 Å². The van der Waals surface area contributed by atoms with Gasteiger partial charge in [-0.05, 0) is 27.4 Å². The Kier molecular flexibility index (Phi) is 4.96. The third kappa shape index (κ3) is 3.61. The predicted molar refractivity (Wildman–Crippen MR) is 67.4 cm³/mol. The van der Waals surface area contributed by atoms with Crippen LogP contribution in [0.5, 0.6) is 0 Å². The Morgan fingerprint density at radius 1 is 1.50 bits per heavy atom. The zero-order chi connectivity index (χ0) is 12.1. The third-order valence-electron chi connectivity index (χ3n) is 3.01. The fourth-order valence-electron chi connectivity index (χ4n) is 1.89. The van der Waals surface area contributed by atoms with E-state index in [1.807, 2.05) is 11.7 Å². The molecule has 16 heavy (non-hydrogen) atoms. The molecule has 4 heteroatoms. The molecule has 1 unspecified atom stereocenters. The molecule has 1 atom stereocenters. The number of aryl methyl sites for hydroxylation is 2. The topological polar surface area (TPSA) is 33.1 Å². The first-order chi connectivity index (χ1) is 7.54. The first-order valence-electron chi connectivity index (χ1n) is 5.90. The largest absolute Gasteiger partial charge is 0.311 e. The van der Waals surface area contributed by atoms with Crippen molar-refractivity contribution >= 4 is 0 Å². The molecule has 1 aromatic rings. The van der Waals surface area contributed by atoms with E-state index in [9.17, 15) is 0 Å². The number of rotatable bonds is 6. The van der Waals surface area contributed by atoms with Gasteiger partial charge in [-0.3, -0.25) is 4.68 Å². The number of aromatic nitrogens is 2. The van der Waals surface area contributed by atoms with Crippen LogP contribution >= 0.6 is 0 Å². The minimum Gasteiger partial charge on any atom is -0.311 e. The monoisotopic (exact) mass is 224 g/mol. The van der Waals surface area contributed by atoms with Crippen molar-refractivity contribution in [3.63, 3.8) is 0 Å². The summed E-state index contributed by atoms with van der Waals surface area (Å²) >= 11 is 0. The minimum absolute atomic E-state index is 0.608. The second-order valence-corrected chi connectivity index (χ2v) is 4.57. The molecule has 1 N–H and O–H groups in total. The summed E-state index contributed by atoms with van der Waals surface area (Å²) in [6, 6.07) is 0.608. The van der Waals surface area contributed by atoms with Gasteiger partial charge in [0.15, 0.2) is 0 Å². The predicted octanol–water partition coefficient (Wildman–Crippen LogP) is 1.16. The summed E-state index contributed by atoms with van der Waals surface area (Å²) in [5.41, 5.74) is 2.41. The molecule has 0 aromatic carbocycles. The van der Waals surface area contributed by atoms with Gasteiger partial charge in [0.1, 0.15) is 0 Å². The van der Waals surface area contributed by atoms with E-state index in [1.165, 1.54) is 12.0 Å². The van der Waals surface area contributed by atoms with Crippen molar-refractivity contribution in [3.05, 3.63) is 17.5 Å². The molecule has 0 radical (unpaired) electrons. The standard InChI is InChI=1S/C12H24N4/c1-6-12(15(3)4)8-13-7-11-9-16(5)14-10(11)2/h9,12-13H,6-8H2,1-5H3. The van der Waals surface area contributed by atoms with E-state index in [0.29, 0.717) is 6.04 Å². The summed E-state index contributed by atoms with van der Waals surface area (Å²) in [4.78, 5) is 2.27. The lowest BCUT2D eigenvalue weighted by Crippen LogP contribution is -2.37. The number of nitrogens with one attached hydrogen (secondary N) is 1. The maximum Gasteiger partial charge on any atom is 0.0638 e. The summed E-state index contributed by atoms with van der Waals surface area (Å²) < 4.78 is 1.87. The van der Waals surface area contributed by atoms with Crippen molar-refractivity contribution < 1.29 is 0 Å². The lowest BCUT2D eigenvalue weighted by molar-refractivity contribution is 0.276. The van der Waals surface area contributed by atoms with Crippen LogP contribution in [0, 0.1) is 6.92 Å². The van der Waals surface area contributed by atoms with Gasteiger partial charge in [-0.25, -0.2) is 0 Å². The van der Waals surface area contributed by atoms with Gasteiger partial charge in [0, 0.05) is 37.9 Å². The number of hydrogen-bond donors (Lipinski definition) is 1. The van der Waals surface area contributed by atoms with E-state index < -0.39 is 0 Å². The number of nitrogens with zero attached hydrogens (tertiary/aromatic N) is 3. The summed E-state index contributed by atoms with van der Waals surface area (Å²) in [6.07, 6.45) is 3.25. The minimum atomic E-state index is 0.608. The molecule has 1 heterocycles. The fraction of sp³-hybridized carbons (Fsp3) is 0.750. The van der Waals surface area contributed by atoms with Crippen molar-refractivity contribution in [1.82, 2.24) is 20.0 Å². The van der Waals surface area contributed by atoms with Gasteiger partial charge >= 0.3 is 0 Å². The van der Waals surface area contributed by atoms with Crippen molar-refractivity contribution in [2.75, 3.05) is 20.6 Å². The smallest absolute Gasteiger partial charge is 0.0638 e. The van der Waals surface area contributed by atoms with E-state index >= 15 is 0 Å². The average Bonchev–Trinajstić information content (AvgIpc) is 2.52. The normalized spacial score (nSPS) is 13.4. The number of hydrogen-bond acceptors (Lipinski definition) is 3. The van der Waals surface area contributed by atoms with Crippen LogP contribution in [0.4, 0.5) is 0 Å². The highest BCUT2D eigenvalue weighted by molar-refractivity contribution is 5.14. The van der Waals surface area contributed by atoms with Crippen LogP contribution in [0.15, 0.2) is 6.20 Å². The van der Waals surface area contributed by atoms with E-state index in [0.717, 1.165) is 18.8 Å². The van der Waals surface area contributed by atoms with Gasteiger partial charge in [-0.2, -0.15) is 5.10 Å². The lowest BCUT2D eigenvalue weighted by atomic mass is 10.2. The Labute approximate surface area is 98.6 Å². The first-order valence-corrected chi connectivity index (χ1v) is 5.90. The van der Waals surface area contributed by atoms with Crippen LogP contribution < -0.4 is 5.32 Å². The van der Waals surface area contributed by atoms with Crippen molar-refractivity contribution in [2.24, 2.45) is 7.05 Å². The van der Waals surface area contributed by atoms with Gasteiger partial charge in [-0.15, -0.1) is 0 Å². The van der Waals surface area contributed by atoms with Crippen LogP contribution in [0.3, 0.4) is 0 Å². The summed E-state index contributed by atoms with van der Waals surface area (Å²) in [6.45, 7) is 6.21. The zero-order valence-electron chi connectivity index (χ0n) is 11.1. The van der Waals surface area contributed by atoms with E-state index in [1.54, 1.807) is 0 Å². The highest BCUT2D eigenvalue weighted by Crippen LogP contribution is 2.04. The molecule has 0 aliphatic rings. The molecular formula is C12H24N4. The molecule has 4 nitrogen and oxygen atoms in total. The van der Waals surface area contributed by atoms with Gasteiger partial charge < -0.3 is 10.2 Å². The average molecular weight is 224 g/mol. The molecule has 1 rings (SSSR count). The second-order valence-electron chi connectivity index (χ2n) is 4.57. The molecule has 0 saturated carbocycles. The van der Waals surface area contributed by atoms with Crippen LogP contribution in [0.2, 0.25) is 0 Å². The Balaban J connectivity index is 2.38. The fourth-order valence-corrected chi connectivity index (χ4v) is 1.89. The maximum absolute atomic E-state index is 4.33. The summed E-state index contributed by atoms with van der Waals surface area (Å²) in [7, 11) is 6.22. The van der Waals surface area contributed by atoms with E-state index in [-0.39, 0.29) is 0 Å². The Morgan fingerprint density at radius 3 is 2.62 bits per heavy atom. The Hall–Kier alpha value is -0.870. The van der Waals surface area contributed by atoms with Gasteiger partial charge in [0.2, 0.25) is 0 Å². The van der Waals surface area contributed by atoms with Gasteiger partial charge in [0.25, 0.3) is 0 Å². The molecule has 92 valence electrons. The zero-order valence-corrected chi connectivity index (χ0v) is 11.1. The molecule has 0 amide bonds. The maximum atomic E-state index is 4.33. The number of likely N-dealkylation sites (N-methyl/N-ethyl adjacent to an activating group) is 1. The van der Waals surface area contributed by atoms with E-state index in [4.69, 9.17) is 0 Å². The molecule has 0 spiro atoms. The highest BCUT2D eigenvalue weighted by atomic mass is 15.3. The summed E-state index contributed by atoms with van der Waals surface area (Å²) in [5, 5.41) is 7.82. The molecule has 1 aromatic heterocycles. The SMILES string of the molecule is CCC(CNCc1cn(C)nc1C)N(C)C. The molecule has 0 aliphatic heterocycles. The Bertz CT molecular complexity index is 317. The van der Waals surface area contributed by atoms with Crippen LogP contribution in [-0.2, 0) is 13.6 Å². The molecule has 0 bridgehead atoms. The second kappa shape index (κ2) is 6.01. The van der Waals surface area contributed by atoms with Gasteiger partial charge in [-0.1, -0.05) is 6.92 Å². The first kappa shape index (κ1) is 13.2. The van der Waals surface area contributed by atoms with Crippen LogP contribution in [0.1, 0.15) is 24.6 Å². The van der Waals surface area contributed by atoms with E-state index in [2.05, 4.69) is 49.5 Å². The van der Waals surface area contributed by atoms with Crippen molar-refractivity contribution in [2.45, 2.75) is 32.9 Å². The lowest BCUT2D eigenvalue weighted by Gasteiger charge is -2.23. The van der Waals surface area contributed by atoms with Crippen LogP contribution in [0.25, 0.3) is 0 Å². The Morgan fingerprint density at radius 2 is 2.19 bits per heavy atom. The summed E-state index contributed by atoms with van der Waals surface area (Å²) in [5.74, 6) is 0. The molecule has 0 fully saturated rings. The highest BCUT2D eigenvalue weighted by Gasteiger charge is 2.08. The molecule has 0 saturated heterocycles. The quantitative estimate of drug-likeness (QED) is 0.787. The van der Waals surface area contributed by atoms with Gasteiger partial charge in [0.05, 0.1) is 5.69 Å².